The molecular formula is C53H44N2. The molecular weight excluding hydrogens is 665 g/mol. The van der Waals surface area contributed by atoms with Crippen molar-refractivity contribution in [2.45, 2.75) is 76.7 Å². The molecule has 2 heteroatoms. The molecule has 2 unspecified atom stereocenters. The fourth-order valence-electron chi connectivity index (χ4n) is 11.1. The summed E-state index contributed by atoms with van der Waals surface area (Å²) >= 11 is 0. The Hall–Kier alpha value is -5.91. The molecule has 11 rings (SSSR count). The van der Waals surface area contributed by atoms with Crippen LogP contribution in [0.3, 0.4) is 0 Å². The average Bonchev–Trinajstić information content (AvgIpc) is 3.72. The first kappa shape index (κ1) is 32.5. The molecule has 0 N–H and O–H groups in total. The fraction of sp³-hybridized carbons (Fsp3) is 0.226. The highest BCUT2D eigenvalue weighted by molar-refractivity contribution is 6.19. The molecule has 1 aromatic heterocycles. The molecule has 1 heterocycles. The van der Waals surface area contributed by atoms with Gasteiger partial charge in [0.05, 0.1) is 23.2 Å². The van der Waals surface area contributed by atoms with Crippen molar-refractivity contribution in [2.75, 3.05) is 0 Å². The van der Waals surface area contributed by atoms with Crippen LogP contribution < -0.4 is 0 Å². The maximum Gasteiger partial charge on any atom is 0.0991 e. The van der Waals surface area contributed by atoms with E-state index in [1.807, 2.05) is 6.07 Å². The smallest absolute Gasteiger partial charge is 0.0991 e. The highest BCUT2D eigenvalue weighted by atomic mass is 15.0. The first-order valence-electron chi connectivity index (χ1n) is 20.6. The summed E-state index contributed by atoms with van der Waals surface area (Å²) < 4.78 is 2.81. The van der Waals surface area contributed by atoms with Crippen LogP contribution in [-0.2, 0) is 6.42 Å². The Kier molecular flexibility index (Phi) is 7.60. The van der Waals surface area contributed by atoms with Crippen molar-refractivity contribution in [3.8, 4) is 28.3 Å². The summed E-state index contributed by atoms with van der Waals surface area (Å²) in [5.41, 5.74) is 20.6. The van der Waals surface area contributed by atoms with Crippen LogP contribution in [0, 0.1) is 11.3 Å². The first-order valence-corrected chi connectivity index (χ1v) is 20.6. The number of nitriles is 1. The molecule has 2 atom stereocenters. The maximum absolute atomic E-state index is 10.1. The van der Waals surface area contributed by atoms with E-state index in [1.54, 1.807) is 5.57 Å². The highest BCUT2D eigenvalue weighted by Gasteiger charge is 2.39. The number of aromatic nitrogens is 1. The Balaban J connectivity index is 1.30. The molecule has 0 spiro atoms. The molecule has 0 bridgehead atoms. The van der Waals surface area contributed by atoms with E-state index in [2.05, 4.69) is 139 Å². The predicted molar refractivity (Wildman–Crippen MR) is 229 cm³/mol. The molecule has 0 saturated carbocycles. The van der Waals surface area contributed by atoms with Gasteiger partial charge in [-0.15, -0.1) is 0 Å². The molecule has 4 aliphatic rings. The van der Waals surface area contributed by atoms with E-state index < -0.39 is 0 Å². The van der Waals surface area contributed by atoms with Gasteiger partial charge in [0.15, 0.2) is 0 Å². The molecule has 0 saturated heterocycles. The molecule has 0 radical (unpaired) electrons. The minimum atomic E-state index is 0.151. The predicted octanol–water partition coefficient (Wildman–Crippen LogP) is 14.2. The summed E-state index contributed by atoms with van der Waals surface area (Å²) in [5.74, 6) is 0.335. The summed E-state index contributed by atoms with van der Waals surface area (Å²) in [5, 5.41) is 15.5. The number of hydrogen-bond donors (Lipinski definition) is 0. The lowest BCUT2D eigenvalue weighted by Crippen LogP contribution is -2.18. The van der Waals surface area contributed by atoms with Gasteiger partial charge in [0.25, 0.3) is 0 Å². The van der Waals surface area contributed by atoms with E-state index in [0.29, 0.717) is 5.92 Å². The Morgan fingerprint density at radius 3 is 2.49 bits per heavy atom. The Morgan fingerprint density at radius 1 is 0.745 bits per heavy atom. The molecule has 0 fully saturated rings. The maximum atomic E-state index is 10.1. The molecule has 6 aromatic carbocycles. The van der Waals surface area contributed by atoms with Crippen molar-refractivity contribution in [1.29, 1.82) is 5.26 Å². The van der Waals surface area contributed by atoms with Crippen molar-refractivity contribution in [1.82, 2.24) is 4.57 Å². The minimum Gasteiger partial charge on any atom is -0.333 e. The average molecular weight is 709 g/mol. The number of para-hydroxylation sites is 1. The van der Waals surface area contributed by atoms with Gasteiger partial charge in [-0.3, -0.25) is 0 Å². The second-order valence-corrected chi connectivity index (χ2v) is 16.2. The number of allylic oxidation sites excluding steroid dienone is 6. The normalized spacial score (nSPS) is 21.6. The Labute approximate surface area is 323 Å². The zero-order chi connectivity index (χ0) is 36.6. The van der Waals surface area contributed by atoms with E-state index in [1.165, 1.54) is 107 Å². The second-order valence-electron chi connectivity index (χ2n) is 16.2. The van der Waals surface area contributed by atoms with Gasteiger partial charge in [-0.1, -0.05) is 116 Å². The molecule has 0 amide bonds. The molecule has 7 aromatic rings. The van der Waals surface area contributed by atoms with Gasteiger partial charge >= 0.3 is 0 Å². The minimum absolute atomic E-state index is 0.151. The van der Waals surface area contributed by atoms with Gasteiger partial charge in [0.2, 0.25) is 0 Å². The van der Waals surface area contributed by atoms with Crippen molar-refractivity contribution in [3.05, 3.63) is 172 Å². The van der Waals surface area contributed by atoms with E-state index in [9.17, 15) is 5.26 Å². The van der Waals surface area contributed by atoms with Crippen LogP contribution in [0.4, 0.5) is 0 Å². The van der Waals surface area contributed by atoms with E-state index in [0.717, 1.165) is 50.5 Å². The van der Waals surface area contributed by atoms with Crippen LogP contribution >= 0.6 is 0 Å². The SMILES string of the molecule is CC/C1=C(c2cccc(C#N)c2)/C2=C(/CCCCC=C2)CCCC1n1c2ccccc2c2cc3c4c(c21)-c1c(ccc2ccccc12)CC4c1ccccc1-3. The molecule has 2 nitrogen and oxygen atoms in total. The molecule has 0 aliphatic heterocycles. The molecule has 55 heavy (non-hydrogen) atoms. The Morgan fingerprint density at radius 2 is 1.58 bits per heavy atom. The third kappa shape index (κ3) is 4.85. The van der Waals surface area contributed by atoms with Crippen LogP contribution in [0.15, 0.2) is 144 Å². The zero-order valence-corrected chi connectivity index (χ0v) is 31.5. The molecule has 266 valence electrons. The second kappa shape index (κ2) is 12.9. The first-order chi connectivity index (χ1) is 27.2. The van der Waals surface area contributed by atoms with Gasteiger partial charge in [0.1, 0.15) is 0 Å². The van der Waals surface area contributed by atoms with Crippen LogP contribution in [0.1, 0.15) is 98.1 Å². The standard InChI is InChI=1S/C53H44N2/c1-2-38-47(26-14-18-34-16-5-3-4-6-20-39(34)49(38)36-19-13-15-33(29-36)32-54)55-48-25-12-11-24-43(48)46-31-45-42-23-10-9-22-41(42)44-30-37-28-27-35-17-7-8-21-40(35)50(37)52(51(44)45)53(46)55/h6-13,15,17,19-25,27-29,31,44,47H,2-5,14,16,18,26,30H2,1H3/b20-6?,39-34-,49-38-. The highest BCUT2D eigenvalue weighted by Crippen LogP contribution is 2.59. The van der Waals surface area contributed by atoms with Crippen LogP contribution in [0.25, 0.3) is 60.4 Å². The van der Waals surface area contributed by atoms with Gasteiger partial charge in [-0.25, -0.2) is 0 Å². The number of nitrogens with zero attached hydrogens (tertiary/aromatic N) is 2. The van der Waals surface area contributed by atoms with Crippen LogP contribution in [-0.4, -0.2) is 4.57 Å². The lowest BCUT2D eigenvalue weighted by Gasteiger charge is -2.33. The third-order valence-electron chi connectivity index (χ3n) is 13.4. The third-order valence-corrected chi connectivity index (χ3v) is 13.4. The number of rotatable bonds is 3. The topological polar surface area (TPSA) is 28.7 Å². The van der Waals surface area contributed by atoms with Gasteiger partial charge in [-0.05, 0) is 148 Å². The van der Waals surface area contributed by atoms with Gasteiger partial charge in [0, 0.05) is 27.8 Å². The zero-order valence-electron chi connectivity index (χ0n) is 31.5. The van der Waals surface area contributed by atoms with Crippen LogP contribution in [0.2, 0.25) is 0 Å². The lowest BCUT2D eigenvalue weighted by atomic mass is 9.75. The monoisotopic (exact) mass is 708 g/mol. The Bertz CT molecular complexity index is 2880. The summed E-state index contributed by atoms with van der Waals surface area (Å²) in [4.78, 5) is 0. The number of benzene rings is 6. The lowest BCUT2D eigenvalue weighted by molar-refractivity contribution is 0.517. The molecule has 4 aliphatic carbocycles. The van der Waals surface area contributed by atoms with Crippen molar-refractivity contribution < 1.29 is 0 Å². The largest absolute Gasteiger partial charge is 0.333 e. The number of fused-ring (bicyclic) bond motifs is 11. The quantitative estimate of drug-likeness (QED) is 0.180. The number of hydrogen-bond acceptors (Lipinski definition) is 1. The van der Waals surface area contributed by atoms with Crippen LogP contribution in [0.5, 0.6) is 0 Å². The van der Waals surface area contributed by atoms with Crippen molar-refractivity contribution in [2.24, 2.45) is 0 Å². The fourth-order valence-corrected chi connectivity index (χ4v) is 11.1. The van der Waals surface area contributed by atoms with E-state index in [4.69, 9.17) is 0 Å². The summed E-state index contributed by atoms with van der Waals surface area (Å²) in [7, 11) is 0. The van der Waals surface area contributed by atoms with Crippen molar-refractivity contribution in [3.63, 3.8) is 0 Å². The van der Waals surface area contributed by atoms with Gasteiger partial charge < -0.3 is 4.57 Å². The summed E-state index contributed by atoms with van der Waals surface area (Å²) in [6.45, 7) is 2.37. The van der Waals surface area contributed by atoms with Crippen molar-refractivity contribution >= 4 is 38.2 Å². The summed E-state index contributed by atoms with van der Waals surface area (Å²) in [6.07, 6.45) is 14.9. The van der Waals surface area contributed by atoms with Gasteiger partial charge in [-0.2, -0.15) is 5.26 Å². The van der Waals surface area contributed by atoms with E-state index >= 15 is 0 Å². The van der Waals surface area contributed by atoms with E-state index in [-0.39, 0.29) is 6.04 Å². The summed E-state index contributed by atoms with van der Waals surface area (Å²) in [6, 6.07) is 45.9.